The number of piperazine rings is 1. The van der Waals surface area contributed by atoms with Crippen molar-refractivity contribution in [1.82, 2.24) is 20.4 Å². The minimum absolute atomic E-state index is 0.0349. The normalized spacial score (nSPS) is 29.5. The van der Waals surface area contributed by atoms with Crippen LogP contribution < -0.4 is 15.4 Å². The van der Waals surface area contributed by atoms with Gasteiger partial charge >= 0.3 is 0 Å². The molecule has 0 saturated carbocycles. The second-order valence-corrected chi connectivity index (χ2v) is 11.4. The van der Waals surface area contributed by atoms with Gasteiger partial charge in [-0.2, -0.15) is 0 Å². The van der Waals surface area contributed by atoms with Gasteiger partial charge in [0.1, 0.15) is 11.8 Å². The van der Waals surface area contributed by atoms with Crippen LogP contribution >= 0.6 is 0 Å². The first-order chi connectivity index (χ1) is 18.9. The largest absolute Gasteiger partial charge is 0.493 e. The summed E-state index contributed by atoms with van der Waals surface area (Å²) < 4.78 is 18.0. The molecule has 2 bridgehead atoms. The summed E-state index contributed by atoms with van der Waals surface area (Å²) in [5.41, 5.74) is 0.476. The molecule has 1 aromatic rings. The fourth-order valence-corrected chi connectivity index (χ4v) is 6.07. The number of para-hydroxylation sites is 1. The third kappa shape index (κ3) is 6.56. The molecule has 4 atom stereocenters. The number of nitrogens with one attached hydrogen (secondary N) is 2. The van der Waals surface area contributed by atoms with Crippen LogP contribution in [0.2, 0.25) is 0 Å². The molecule has 39 heavy (non-hydrogen) atoms. The molecule has 0 radical (unpaired) electrons. The van der Waals surface area contributed by atoms with Crippen LogP contribution in [-0.4, -0.2) is 104 Å². The minimum Gasteiger partial charge on any atom is -0.493 e. The van der Waals surface area contributed by atoms with Gasteiger partial charge < -0.3 is 29.7 Å². The van der Waals surface area contributed by atoms with Crippen molar-refractivity contribution in [2.45, 2.75) is 76.3 Å². The van der Waals surface area contributed by atoms with Crippen LogP contribution in [0.5, 0.6) is 5.75 Å². The molecule has 5 rings (SSSR count). The summed E-state index contributed by atoms with van der Waals surface area (Å²) in [6.45, 7) is 7.70. The van der Waals surface area contributed by atoms with E-state index in [9.17, 15) is 14.4 Å². The van der Waals surface area contributed by atoms with Gasteiger partial charge in [-0.1, -0.05) is 12.1 Å². The number of benzene rings is 1. The molecule has 4 heterocycles. The lowest BCUT2D eigenvalue weighted by Crippen LogP contribution is -2.63. The van der Waals surface area contributed by atoms with Crippen molar-refractivity contribution in [2.75, 3.05) is 46.0 Å². The van der Waals surface area contributed by atoms with Crippen LogP contribution in [0.1, 0.15) is 56.3 Å². The number of nitrogens with zero attached hydrogens (tertiary/aromatic N) is 2. The molecular formula is C29H42N4O6. The zero-order valence-corrected chi connectivity index (χ0v) is 23.1. The molecule has 10 heteroatoms. The van der Waals surface area contributed by atoms with Gasteiger partial charge in [-0.15, -0.1) is 0 Å². The SMILES string of the molecule is CC(C)N1CCN2C(=O)c3ccccc3OCC[C@@H]3CC[C@@H](NC(=O)C4CCOCC4)[C@@H](CNC(=O)[C@@H]2C1)O3. The fraction of sp³-hybridized carbons (Fsp3) is 0.690. The molecule has 3 saturated heterocycles. The fourth-order valence-electron chi connectivity index (χ4n) is 6.07. The van der Waals surface area contributed by atoms with Gasteiger partial charge in [0.05, 0.1) is 30.4 Å². The van der Waals surface area contributed by atoms with Crippen LogP contribution in [-0.2, 0) is 19.1 Å². The van der Waals surface area contributed by atoms with Gasteiger partial charge in [-0.05, 0) is 51.7 Å². The van der Waals surface area contributed by atoms with E-state index >= 15 is 0 Å². The Bertz CT molecular complexity index is 1030. The first-order valence-corrected chi connectivity index (χ1v) is 14.5. The number of hydrogen-bond donors (Lipinski definition) is 2. The number of hydrogen-bond acceptors (Lipinski definition) is 7. The average molecular weight is 543 g/mol. The Labute approximate surface area is 230 Å². The summed E-state index contributed by atoms with van der Waals surface area (Å²) in [6.07, 6.45) is 3.24. The molecule has 4 aliphatic heterocycles. The maximum atomic E-state index is 13.7. The van der Waals surface area contributed by atoms with Gasteiger partial charge in [0.2, 0.25) is 11.8 Å². The number of carbonyl (C=O) groups is 3. The Balaban J connectivity index is 1.36. The molecule has 1 aromatic carbocycles. The summed E-state index contributed by atoms with van der Waals surface area (Å²) >= 11 is 0. The molecule has 0 aliphatic carbocycles. The Morgan fingerprint density at radius 3 is 2.62 bits per heavy atom. The second-order valence-electron chi connectivity index (χ2n) is 11.4. The highest BCUT2D eigenvalue weighted by Gasteiger charge is 2.39. The summed E-state index contributed by atoms with van der Waals surface area (Å²) in [4.78, 5) is 44.3. The van der Waals surface area contributed by atoms with E-state index in [1.807, 2.05) is 18.2 Å². The quantitative estimate of drug-likeness (QED) is 0.597. The van der Waals surface area contributed by atoms with E-state index in [-0.39, 0.29) is 54.5 Å². The van der Waals surface area contributed by atoms with Crippen LogP contribution in [0.3, 0.4) is 0 Å². The first kappa shape index (κ1) is 27.9. The predicted molar refractivity (Wildman–Crippen MR) is 144 cm³/mol. The first-order valence-electron chi connectivity index (χ1n) is 14.5. The Morgan fingerprint density at radius 2 is 1.82 bits per heavy atom. The monoisotopic (exact) mass is 542 g/mol. The Kier molecular flexibility index (Phi) is 9.04. The number of amides is 3. The van der Waals surface area contributed by atoms with Gasteiger partial charge in [0.15, 0.2) is 0 Å². The smallest absolute Gasteiger partial charge is 0.258 e. The molecule has 214 valence electrons. The predicted octanol–water partition coefficient (Wildman–Crippen LogP) is 1.58. The number of fused-ring (bicyclic) bond motifs is 4. The van der Waals surface area contributed by atoms with Gasteiger partial charge in [0, 0.05) is 57.8 Å². The lowest BCUT2D eigenvalue weighted by Gasteiger charge is -2.43. The lowest BCUT2D eigenvalue weighted by molar-refractivity contribution is -0.134. The maximum Gasteiger partial charge on any atom is 0.258 e. The summed E-state index contributed by atoms with van der Waals surface area (Å²) in [6, 6.07) is 6.69. The van der Waals surface area contributed by atoms with Crippen molar-refractivity contribution in [1.29, 1.82) is 0 Å². The van der Waals surface area contributed by atoms with E-state index in [4.69, 9.17) is 14.2 Å². The minimum atomic E-state index is -0.640. The Morgan fingerprint density at radius 1 is 1.03 bits per heavy atom. The summed E-state index contributed by atoms with van der Waals surface area (Å²) in [5.74, 6) is 0.113. The van der Waals surface area contributed by atoms with Gasteiger partial charge in [0.25, 0.3) is 5.91 Å². The van der Waals surface area contributed by atoms with Gasteiger partial charge in [-0.25, -0.2) is 0 Å². The van der Waals surface area contributed by atoms with Crippen LogP contribution in [0, 0.1) is 5.92 Å². The standard InChI is InChI=1S/C29H42N4O6/c1-19(2)32-12-13-33-24(18-32)28(35)30-17-26-23(31-27(34)20-9-14-37-15-10-20)8-7-21(39-26)11-16-38-25-6-4-3-5-22(25)29(33)36/h3-6,19-21,23-24,26H,7-18H2,1-2H3,(H,30,35)(H,31,34)/t21-,23+,24-,26+/m0/s1. The molecule has 0 aromatic heterocycles. The van der Waals surface area contributed by atoms with Crippen molar-refractivity contribution in [3.05, 3.63) is 29.8 Å². The molecule has 0 unspecified atom stereocenters. The highest BCUT2D eigenvalue weighted by atomic mass is 16.5. The molecule has 3 amide bonds. The number of carbonyl (C=O) groups excluding carboxylic acids is 3. The van der Waals surface area contributed by atoms with Crippen molar-refractivity contribution in [3.63, 3.8) is 0 Å². The average Bonchev–Trinajstić information content (AvgIpc) is 2.96. The van der Waals surface area contributed by atoms with Crippen LogP contribution in [0.25, 0.3) is 0 Å². The molecule has 3 fully saturated rings. The van der Waals surface area contributed by atoms with E-state index in [1.54, 1.807) is 11.0 Å². The Hall–Kier alpha value is -2.69. The highest BCUT2D eigenvalue weighted by molar-refractivity contribution is 6.00. The highest BCUT2D eigenvalue weighted by Crippen LogP contribution is 2.27. The van der Waals surface area contributed by atoms with Crippen LogP contribution in [0.15, 0.2) is 24.3 Å². The topological polar surface area (TPSA) is 109 Å². The van der Waals surface area contributed by atoms with Crippen molar-refractivity contribution < 1.29 is 28.6 Å². The molecule has 0 spiro atoms. The van der Waals surface area contributed by atoms with E-state index in [2.05, 4.69) is 29.4 Å². The van der Waals surface area contributed by atoms with Gasteiger partial charge in [-0.3, -0.25) is 19.3 Å². The second kappa shape index (κ2) is 12.7. The molecule has 10 nitrogen and oxygen atoms in total. The number of ether oxygens (including phenoxy) is 3. The zero-order valence-electron chi connectivity index (χ0n) is 23.1. The van der Waals surface area contributed by atoms with E-state index in [0.717, 1.165) is 25.7 Å². The third-order valence-corrected chi connectivity index (χ3v) is 8.53. The van der Waals surface area contributed by atoms with Crippen molar-refractivity contribution in [3.8, 4) is 5.75 Å². The zero-order chi connectivity index (χ0) is 27.4. The summed E-state index contributed by atoms with van der Waals surface area (Å²) in [7, 11) is 0. The van der Waals surface area contributed by atoms with Crippen molar-refractivity contribution in [2.24, 2.45) is 5.92 Å². The third-order valence-electron chi connectivity index (χ3n) is 8.53. The maximum absolute atomic E-state index is 13.7. The molecule has 4 aliphatic rings. The number of rotatable bonds is 3. The molecular weight excluding hydrogens is 500 g/mol. The van der Waals surface area contributed by atoms with E-state index in [0.29, 0.717) is 57.2 Å². The summed E-state index contributed by atoms with van der Waals surface area (Å²) in [5, 5.41) is 6.31. The van der Waals surface area contributed by atoms with E-state index < -0.39 is 6.04 Å². The molecule has 2 N–H and O–H groups in total. The van der Waals surface area contributed by atoms with Crippen molar-refractivity contribution >= 4 is 17.7 Å². The van der Waals surface area contributed by atoms with Crippen LogP contribution in [0.4, 0.5) is 0 Å². The lowest BCUT2D eigenvalue weighted by atomic mass is 9.94. The van der Waals surface area contributed by atoms with E-state index in [1.165, 1.54) is 0 Å².